The van der Waals surface area contributed by atoms with Gasteiger partial charge in [-0.15, -0.1) is 0 Å². The highest BCUT2D eigenvalue weighted by Crippen LogP contribution is 2.06. The van der Waals surface area contributed by atoms with Crippen molar-refractivity contribution >= 4 is 6.08 Å². The molecule has 0 aliphatic heterocycles. The molecule has 1 nitrogen and oxygen atoms in total. The molecule has 0 fully saturated rings. The lowest BCUT2D eigenvalue weighted by molar-refractivity contribution is 0.648. The Morgan fingerprint density at radius 3 is 2.29 bits per heavy atom. The molecule has 2 rings (SSSR count). The summed E-state index contributed by atoms with van der Waals surface area (Å²) in [7, 11) is 0. The van der Waals surface area contributed by atoms with Crippen molar-refractivity contribution in [2.45, 2.75) is 26.2 Å². The molecule has 0 aliphatic rings. The summed E-state index contributed by atoms with van der Waals surface area (Å²) in [4.78, 5) is 0. The zero-order valence-corrected chi connectivity index (χ0v) is 12.9. The van der Waals surface area contributed by atoms with E-state index in [1.807, 2.05) is 0 Å². The van der Waals surface area contributed by atoms with Gasteiger partial charge in [0.2, 0.25) is 0 Å². The van der Waals surface area contributed by atoms with Crippen molar-refractivity contribution in [1.29, 1.82) is 0 Å². The first-order chi connectivity index (χ1) is 10.3. The van der Waals surface area contributed by atoms with E-state index in [1.54, 1.807) is 0 Å². The Morgan fingerprint density at radius 2 is 1.57 bits per heavy atom. The van der Waals surface area contributed by atoms with Gasteiger partial charge in [-0.25, -0.2) is 0 Å². The van der Waals surface area contributed by atoms with E-state index in [4.69, 9.17) is 0 Å². The molecule has 0 unspecified atom stereocenters. The van der Waals surface area contributed by atoms with Crippen LogP contribution < -0.4 is 5.32 Å². The Labute approximate surface area is 128 Å². The number of aryl methyl sites for hydroxylation is 1. The topological polar surface area (TPSA) is 12.0 Å². The van der Waals surface area contributed by atoms with E-state index < -0.39 is 0 Å². The number of hydrogen-bond donors (Lipinski definition) is 1. The molecule has 2 aromatic rings. The Kier molecular flexibility index (Phi) is 6.76. The number of benzene rings is 2. The number of nitrogens with one attached hydrogen (secondary N) is 1. The average Bonchev–Trinajstić information content (AvgIpc) is 2.53. The Bertz CT molecular complexity index is 528. The molecular formula is C20H25N. The van der Waals surface area contributed by atoms with Crippen LogP contribution in [0.2, 0.25) is 0 Å². The highest BCUT2D eigenvalue weighted by atomic mass is 14.8. The van der Waals surface area contributed by atoms with Crippen LogP contribution in [0.25, 0.3) is 6.08 Å². The Balaban J connectivity index is 1.58. The van der Waals surface area contributed by atoms with Crippen molar-refractivity contribution in [1.82, 2.24) is 5.32 Å². The summed E-state index contributed by atoms with van der Waals surface area (Å²) in [6.07, 6.45) is 5.91. The minimum Gasteiger partial charge on any atom is -0.313 e. The highest BCUT2D eigenvalue weighted by Gasteiger charge is 1.94. The fraction of sp³-hybridized carbons (Fsp3) is 0.300. The summed E-state index contributed by atoms with van der Waals surface area (Å²) in [5.74, 6) is 0. The molecule has 0 bridgehead atoms. The molecule has 21 heavy (non-hydrogen) atoms. The van der Waals surface area contributed by atoms with Crippen molar-refractivity contribution in [3.63, 3.8) is 0 Å². The van der Waals surface area contributed by atoms with Crippen LogP contribution in [0, 0.1) is 0 Å². The molecule has 0 heterocycles. The van der Waals surface area contributed by atoms with Crippen molar-refractivity contribution in [3.05, 3.63) is 77.4 Å². The smallest absolute Gasteiger partial charge is 0.0165 e. The first-order valence-electron chi connectivity index (χ1n) is 7.81. The van der Waals surface area contributed by atoms with Crippen molar-refractivity contribution in [2.75, 3.05) is 13.1 Å². The molecule has 0 aliphatic carbocycles. The maximum absolute atomic E-state index is 3.52. The molecule has 0 atom stereocenters. The molecule has 0 amide bonds. The zero-order chi connectivity index (χ0) is 14.8. The third-order valence-corrected chi connectivity index (χ3v) is 3.53. The van der Waals surface area contributed by atoms with Gasteiger partial charge in [-0.2, -0.15) is 0 Å². The summed E-state index contributed by atoms with van der Waals surface area (Å²) in [5, 5.41) is 3.52. The van der Waals surface area contributed by atoms with Gasteiger partial charge in [-0.05, 0) is 43.9 Å². The SMILES string of the molecule is CC(=Cc1ccccc1)CNCCCCc1ccccc1. The summed E-state index contributed by atoms with van der Waals surface area (Å²) in [5.41, 5.74) is 4.10. The van der Waals surface area contributed by atoms with Crippen molar-refractivity contribution < 1.29 is 0 Å². The van der Waals surface area contributed by atoms with E-state index in [0.29, 0.717) is 0 Å². The van der Waals surface area contributed by atoms with E-state index in [2.05, 4.69) is 79.0 Å². The van der Waals surface area contributed by atoms with Crippen LogP contribution in [-0.4, -0.2) is 13.1 Å². The molecule has 1 N–H and O–H groups in total. The van der Waals surface area contributed by atoms with Gasteiger partial charge in [0, 0.05) is 6.54 Å². The maximum atomic E-state index is 3.52. The molecule has 0 aromatic heterocycles. The van der Waals surface area contributed by atoms with Gasteiger partial charge < -0.3 is 5.32 Å². The molecule has 110 valence electrons. The van der Waals surface area contributed by atoms with Crippen molar-refractivity contribution in [2.24, 2.45) is 0 Å². The van der Waals surface area contributed by atoms with Gasteiger partial charge in [0.25, 0.3) is 0 Å². The lowest BCUT2D eigenvalue weighted by atomic mass is 10.1. The van der Waals surface area contributed by atoms with Gasteiger partial charge in [0.05, 0.1) is 0 Å². The highest BCUT2D eigenvalue weighted by molar-refractivity contribution is 5.52. The fourth-order valence-corrected chi connectivity index (χ4v) is 2.39. The quantitative estimate of drug-likeness (QED) is 0.690. The van der Waals surface area contributed by atoms with E-state index >= 15 is 0 Å². The second kappa shape index (κ2) is 9.15. The normalized spacial score (nSPS) is 11.6. The van der Waals surface area contributed by atoms with Gasteiger partial charge in [-0.1, -0.05) is 72.3 Å². The third kappa shape index (κ3) is 6.42. The molecule has 0 saturated heterocycles. The standard InChI is InChI=1S/C20H25N/c1-18(16-20-13-6-3-7-14-20)17-21-15-9-8-12-19-10-4-2-5-11-19/h2-7,10-11,13-14,16,21H,8-9,12,15,17H2,1H3. The van der Waals surface area contributed by atoms with Crippen molar-refractivity contribution in [3.8, 4) is 0 Å². The largest absolute Gasteiger partial charge is 0.313 e. The van der Waals surface area contributed by atoms with Crippen LogP contribution in [0.3, 0.4) is 0 Å². The van der Waals surface area contributed by atoms with Crippen LogP contribution >= 0.6 is 0 Å². The number of rotatable bonds is 8. The summed E-state index contributed by atoms with van der Waals surface area (Å²) < 4.78 is 0. The molecular weight excluding hydrogens is 254 g/mol. The van der Waals surface area contributed by atoms with E-state index in [9.17, 15) is 0 Å². The molecule has 2 aromatic carbocycles. The predicted molar refractivity (Wildman–Crippen MR) is 92.3 cm³/mol. The average molecular weight is 279 g/mol. The van der Waals surface area contributed by atoms with Gasteiger partial charge >= 0.3 is 0 Å². The van der Waals surface area contributed by atoms with Crippen LogP contribution in [0.1, 0.15) is 30.9 Å². The monoisotopic (exact) mass is 279 g/mol. The second-order valence-electron chi connectivity index (χ2n) is 5.52. The van der Waals surface area contributed by atoms with Crippen LogP contribution in [-0.2, 0) is 6.42 Å². The summed E-state index contributed by atoms with van der Waals surface area (Å²) >= 11 is 0. The van der Waals surface area contributed by atoms with E-state index in [-0.39, 0.29) is 0 Å². The lowest BCUT2D eigenvalue weighted by Gasteiger charge is -2.06. The second-order valence-corrected chi connectivity index (χ2v) is 5.52. The maximum Gasteiger partial charge on any atom is 0.0165 e. The summed E-state index contributed by atoms with van der Waals surface area (Å²) in [6.45, 7) is 4.25. The number of hydrogen-bond acceptors (Lipinski definition) is 1. The van der Waals surface area contributed by atoms with E-state index in [1.165, 1.54) is 36.0 Å². The zero-order valence-electron chi connectivity index (χ0n) is 12.9. The van der Waals surface area contributed by atoms with Crippen LogP contribution in [0.5, 0.6) is 0 Å². The Morgan fingerprint density at radius 1 is 0.905 bits per heavy atom. The predicted octanol–water partition coefficient (Wildman–Crippen LogP) is 4.70. The molecule has 0 spiro atoms. The first kappa shape index (κ1) is 15.5. The van der Waals surface area contributed by atoms with Crippen LogP contribution in [0.4, 0.5) is 0 Å². The van der Waals surface area contributed by atoms with Gasteiger partial charge in [-0.3, -0.25) is 0 Å². The fourth-order valence-electron chi connectivity index (χ4n) is 2.39. The summed E-state index contributed by atoms with van der Waals surface area (Å²) in [6, 6.07) is 21.2. The minimum absolute atomic E-state index is 0.972. The van der Waals surface area contributed by atoms with Crippen LogP contribution in [0.15, 0.2) is 66.2 Å². The molecule has 0 radical (unpaired) electrons. The minimum atomic E-state index is 0.972. The van der Waals surface area contributed by atoms with Gasteiger partial charge in [0.1, 0.15) is 0 Å². The Hall–Kier alpha value is -1.86. The molecule has 1 heteroatoms. The van der Waals surface area contributed by atoms with E-state index in [0.717, 1.165) is 13.1 Å². The molecule has 0 saturated carbocycles. The third-order valence-electron chi connectivity index (χ3n) is 3.53. The first-order valence-corrected chi connectivity index (χ1v) is 7.81. The lowest BCUT2D eigenvalue weighted by Crippen LogP contribution is -2.17. The number of unbranched alkanes of at least 4 members (excludes halogenated alkanes) is 1. The van der Waals surface area contributed by atoms with Gasteiger partial charge in [0.15, 0.2) is 0 Å².